The molecule has 1 aromatic heterocycles. The van der Waals surface area contributed by atoms with E-state index in [0.717, 1.165) is 11.1 Å². The molecule has 1 atom stereocenters. The Bertz CT molecular complexity index is 876. The van der Waals surface area contributed by atoms with Gasteiger partial charge in [0.1, 0.15) is 12.4 Å². The zero-order valence-corrected chi connectivity index (χ0v) is 15.3. The van der Waals surface area contributed by atoms with E-state index in [1.165, 1.54) is 11.3 Å². The largest absolute Gasteiger partial charge is 0.489 e. The summed E-state index contributed by atoms with van der Waals surface area (Å²) in [5.74, 6) is -0.571. The summed E-state index contributed by atoms with van der Waals surface area (Å²) in [6.45, 7) is 0.452. The van der Waals surface area contributed by atoms with Crippen molar-refractivity contribution in [3.8, 4) is 5.75 Å². The maximum atomic E-state index is 12.3. The average molecular weight is 381 g/mol. The predicted octanol–water partition coefficient (Wildman–Crippen LogP) is 4.27. The van der Waals surface area contributed by atoms with E-state index in [1.807, 2.05) is 30.3 Å². The Balaban J connectivity index is 1.67. The quantitative estimate of drug-likeness (QED) is 0.611. The Labute approximate surface area is 161 Å². The predicted molar refractivity (Wildman–Crippen MR) is 104 cm³/mol. The third kappa shape index (κ3) is 5.43. The minimum Gasteiger partial charge on any atom is -0.489 e. The van der Waals surface area contributed by atoms with Crippen molar-refractivity contribution in [1.29, 1.82) is 0 Å². The summed E-state index contributed by atoms with van der Waals surface area (Å²) in [5, 5.41) is 13.8. The number of hydrogen-bond donors (Lipinski definition) is 2. The lowest BCUT2D eigenvalue weighted by Gasteiger charge is -2.17. The lowest BCUT2D eigenvalue weighted by atomic mass is 10.0. The summed E-state index contributed by atoms with van der Waals surface area (Å²) in [4.78, 5) is 24.0. The smallest absolute Gasteiger partial charge is 0.305 e. The first kappa shape index (κ1) is 18.7. The van der Waals surface area contributed by atoms with E-state index in [1.54, 1.807) is 41.8 Å². The van der Waals surface area contributed by atoms with Crippen molar-refractivity contribution in [2.75, 3.05) is 0 Å². The van der Waals surface area contributed by atoms with Crippen LogP contribution in [0.1, 0.15) is 33.3 Å². The maximum Gasteiger partial charge on any atom is 0.305 e. The molecule has 0 spiro atoms. The van der Waals surface area contributed by atoms with Crippen molar-refractivity contribution in [3.05, 3.63) is 88.1 Å². The van der Waals surface area contributed by atoms with Crippen LogP contribution in [-0.4, -0.2) is 17.0 Å². The highest BCUT2D eigenvalue weighted by molar-refractivity contribution is 7.12. The molecule has 2 N–H and O–H groups in total. The van der Waals surface area contributed by atoms with Gasteiger partial charge in [-0.25, -0.2) is 0 Å². The van der Waals surface area contributed by atoms with E-state index in [2.05, 4.69) is 5.32 Å². The maximum absolute atomic E-state index is 12.3. The van der Waals surface area contributed by atoms with Crippen LogP contribution in [0.15, 0.2) is 72.1 Å². The topological polar surface area (TPSA) is 75.6 Å². The van der Waals surface area contributed by atoms with Crippen LogP contribution < -0.4 is 10.1 Å². The van der Waals surface area contributed by atoms with Gasteiger partial charge in [-0.05, 0) is 34.7 Å². The summed E-state index contributed by atoms with van der Waals surface area (Å²) in [7, 11) is 0. The van der Waals surface area contributed by atoms with E-state index in [0.29, 0.717) is 17.2 Å². The lowest BCUT2D eigenvalue weighted by molar-refractivity contribution is -0.137. The van der Waals surface area contributed by atoms with Crippen molar-refractivity contribution < 1.29 is 19.4 Å². The summed E-state index contributed by atoms with van der Waals surface area (Å²) in [5.41, 5.74) is 1.78. The van der Waals surface area contributed by atoms with E-state index >= 15 is 0 Å². The average Bonchev–Trinajstić information content (AvgIpc) is 3.22. The number of carbonyl (C=O) groups is 2. The second kappa shape index (κ2) is 9.00. The van der Waals surface area contributed by atoms with Crippen LogP contribution in [0.4, 0.5) is 0 Å². The van der Waals surface area contributed by atoms with E-state index < -0.39 is 12.0 Å². The highest BCUT2D eigenvalue weighted by Gasteiger charge is 2.19. The molecule has 2 aromatic carbocycles. The Hall–Kier alpha value is -3.12. The van der Waals surface area contributed by atoms with E-state index in [9.17, 15) is 14.7 Å². The number of aliphatic carboxylic acids is 1. The van der Waals surface area contributed by atoms with Crippen molar-refractivity contribution in [1.82, 2.24) is 5.32 Å². The first-order valence-electron chi connectivity index (χ1n) is 8.44. The van der Waals surface area contributed by atoms with Gasteiger partial charge in [0.25, 0.3) is 5.91 Å². The molecule has 0 aliphatic carbocycles. The number of nitrogens with one attached hydrogen (secondary N) is 1. The fourth-order valence-electron chi connectivity index (χ4n) is 2.60. The highest BCUT2D eigenvalue weighted by atomic mass is 32.1. The summed E-state index contributed by atoms with van der Waals surface area (Å²) >= 11 is 1.31. The van der Waals surface area contributed by atoms with Crippen LogP contribution in [0, 0.1) is 0 Å². The molecule has 1 amide bonds. The second-order valence-corrected chi connectivity index (χ2v) is 6.89. The first-order valence-corrected chi connectivity index (χ1v) is 9.32. The molecule has 6 heteroatoms. The molecule has 5 nitrogen and oxygen atoms in total. The second-order valence-electron chi connectivity index (χ2n) is 5.94. The molecule has 0 bridgehead atoms. The molecule has 1 heterocycles. The third-order valence-electron chi connectivity index (χ3n) is 3.96. The van der Waals surface area contributed by atoms with Crippen LogP contribution >= 0.6 is 11.3 Å². The van der Waals surface area contributed by atoms with Crippen LogP contribution in [0.3, 0.4) is 0 Å². The Morgan fingerprint density at radius 3 is 2.37 bits per heavy atom. The number of benzene rings is 2. The molecule has 0 saturated carbocycles. The number of amides is 1. The zero-order valence-electron chi connectivity index (χ0n) is 14.5. The van der Waals surface area contributed by atoms with Gasteiger partial charge in [-0.1, -0.05) is 48.5 Å². The molecule has 138 valence electrons. The minimum atomic E-state index is -0.976. The molecule has 0 radical (unpaired) electrons. The number of ether oxygens (including phenoxy) is 1. The zero-order chi connectivity index (χ0) is 19.1. The van der Waals surface area contributed by atoms with Gasteiger partial charge in [-0.3, -0.25) is 9.59 Å². The van der Waals surface area contributed by atoms with Gasteiger partial charge < -0.3 is 15.2 Å². The third-order valence-corrected chi connectivity index (χ3v) is 4.83. The standard InChI is InChI=1S/C21H19NO4S/c23-20(24)13-18(22-21(25)19-7-4-12-27-19)16-8-10-17(11-9-16)26-14-15-5-2-1-3-6-15/h1-12,18H,13-14H2,(H,22,25)(H,23,24). The number of carboxylic acids is 1. The molecule has 0 saturated heterocycles. The number of hydrogen-bond acceptors (Lipinski definition) is 4. The molecule has 0 aliphatic rings. The van der Waals surface area contributed by atoms with Gasteiger partial charge in [0.2, 0.25) is 0 Å². The van der Waals surface area contributed by atoms with Crippen LogP contribution in [-0.2, 0) is 11.4 Å². The van der Waals surface area contributed by atoms with Crippen molar-refractivity contribution >= 4 is 23.2 Å². The number of carbonyl (C=O) groups excluding carboxylic acids is 1. The van der Waals surface area contributed by atoms with Crippen molar-refractivity contribution in [2.45, 2.75) is 19.1 Å². The molecule has 0 fully saturated rings. The SMILES string of the molecule is O=C(O)CC(NC(=O)c1cccs1)c1ccc(OCc2ccccc2)cc1. The molecule has 0 aliphatic heterocycles. The van der Waals surface area contributed by atoms with Gasteiger partial charge in [-0.2, -0.15) is 0 Å². The first-order chi connectivity index (χ1) is 13.1. The molecule has 3 rings (SSSR count). The van der Waals surface area contributed by atoms with Gasteiger partial charge >= 0.3 is 5.97 Å². The number of thiophene rings is 1. The fourth-order valence-corrected chi connectivity index (χ4v) is 3.23. The van der Waals surface area contributed by atoms with Gasteiger partial charge in [0.05, 0.1) is 17.3 Å². The Morgan fingerprint density at radius 1 is 1.00 bits per heavy atom. The fraction of sp³-hybridized carbons (Fsp3) is 0.143. The van der Waals surface area contributed by atoms with Crippen LogP contribution in [0.25, 0.3) is 0 Å². The van der Waals surface area contributed by atoms with Gasteiger partial charge in [-0.15, -0.1) is 11.3 Å². The van der Waals surface area contributed by atoms with Crippen LogP contribution in [0.2, 0.25) is 0 Å². The summed E-state index contributed by atoms with van der Waals surface area (Å²) in [6.07, 6.45) is -0.193. The number of carboxylic acid groups (broad SMARTS) is 1. The monoisotopic (exact) mass is 381 g/mol. The summed E-state index contributed by atoms with van der Waals surface area (Å²) in [6, 6.07) is 19.8. The van der Waals surface area contributed by atoms with Crippen LogP contribution in [0.5, 0.6) is 5.75 Å². The van der Waals surface area contributed by atoms with Gasteiger partial charge in [0.15, 0.2) is 0 Å². The molecular weight excluding hydrogens is 362 g/mol. The Kier molecular flexibility index (Phi) is 6.22. The number of rotatable bonds is 8. The molecule has 27 heavy (non-hydrogen) atoms. The highest BCUT2D eigenvalue weighted by Crippen LogP contribution is 2.22. The van der Waals surface area contributed by atoms with E-state index in [-0.39, 0.29) is 12.3 Å². The molecule has 3 aromatic rings. The minimum absolute atomic E-state index is 0.193. The normalized spacial score (nSPS) is 11.6. The molecular formula is C21H19NO4S. The Morgan fingerprint density at radius 2 is 1.74 bits per heavy atom. The summed E-state index contributed by atoms with van der Waals surface area (Å²) < 4.78 is 5.75. The van der Waals surface area contributed by atoms with Gasteiger partial charge in [0, 0.05) is 0 Å². The van der Waals surface area contributed by atoms with E-state index in [4.69, 9.17) is 4.74 Å². The lowest BCUT2D eigenvalue weighted by Crippen LogP contribution is -2.29. The van der Waals surface area contributed by atoms with Crippen molar-refractivity contribution in [3.63, 3.8) is 0 Å². The molecule has 1 unspecified atom stereocenters. The van der Waals surface area contributed by atoms with Crippen molar-refractivity contribution in [2.24, 2.45) is 0 Å².